The molecule has 1 unspecified atom stereocenters. The van der Waals surface area contributed by atoms with Gasteiger partial charge in [0.05, 0.1) is 0 Å². The van der Waals surface area contributed by atoms with Crippen LogP contribution in [0.2, 0.25) is 0 Å². The Morgan fingerprint density at radius 1 is 1.33 bits per heavy atom. The average Bonchev–Trinajstić information content (AvgIpc) is 2.41. The Bertz CT molecular complexity index is 375. The lowest BCUT2D eigenvalue weighted by atomic mass is 9.99. The SMILES string of the molecule is CCCC1CCCCN1C(=S)Nc1ccccc1. The first-order valence-electron chi connectivity index (χ1n) is 6.94. The van der Waals surface area contributed by atoms with Crippen molar-refractivity contribution in [3.63, 3.8) is 0 Å². The predicted molar refractivity (Wildman–Crippen MR) is 81.9 cm³/mol. The topological polar surface area (TPSA) is 15.3 Å². The number of anilines is 1. The van der Waals surface area contributed by atoms with Gasteiger partial charge in [0.1, 0.15) is 0 Å². The zero-order valence-corrected chi connectivity index (χ0v) is 11.9. The second kappa shape index (κ2) is 6.74. The summed E-state index contributed by atoms with van der Waals surface area (Å²) in [4.78, 5) is 2.38. The van der Waals surface area contributed by atoms with Crippen molar-refractivity contribution in [3.05, 3.63) is 30.3 Å². The van der Waals surface area contributed by atoms with E-state index in [9.17, 15) is 0 Å². The molecule has 18 heavy (non-hydrogen) atoms. The van der Waals surface area contributed by atoms with E-state index in [0.29, 0.717) is 6.04 Å². The number of para-hydroxylation sites is 1. The van der Waals surface area contributed by atoms with Crippen molar-refractivity contribution in [1.29, 1.82) is 0 Å². The fourth-order valence-electron chi connectivity index (χ4n) is 2.62. The zero-order chi connectivity index (χ0) is 12.8. The Morgan fingerprint density at radius 2 is 2.11 bits per heavy atom. The van der Waals surface area contributed by atoms with E-state index in [2.05, 4.69) is 29.3 Å². The molecular weight excluding hydrogens is 240 g/mol. The number of hydrogen-bond donors (Lipinski definition) is 1. The van der Waals surface area contributed by atoms with Gasteiger partial charge in [0, 0.05) is 18.3 Å². The van der Waals surface area contributed by atoms with Crippen molar-refractivity contribution in [1.82, 2.24) is 4.90 Å². The number of rotatable bonds is 3. The molecule has 1 atom stereocenters. The first-order valence-corrected chi connectivity index (χ1v) is 7.34. The smallest absolute Gasteiger partial charge is 0.173 e. The minimum absolute atomic E-state index is 0.632. The fraction of sp³-hybridized carbons (Fsp3) is 0.533. The molecule has 0 aliphatic carbocycles. The van der Waals surface area contributed by atoms with Crippen LogP contribution < -0.4 is 5.32 Å². The van der Waals surface area contributed by atoms with Crippen LogP contribution in [0.3, 0.4) is 0 Å². The summed E-state index contributed by atoms with van der Waals surface area (Å²) in [5, 5.41) is 4.25. The molecule has 0 radical (unpaired) electrons. The van der Waals surface area contributed by atoms with Gasteiger partial charge in [0.25, 0.3) is 0 Å². The minimum atomic E-state index is 0.632. The van der Waals surface area contributed by atoms with E-state index in [1.807, 2.05) is 18.2 Å². The quantitative estimate of drug-likeness (QED) is 0.828. The largest absolute Gasteiger partial charge is 0.346 e. The van der Waals surface area contributed by atoms with E-state index in [1.165, 1.54) is 32.1 Å². The van der Waals surface area contributed by atoms with Gasteiger partial charge in [-0.05, 0) is 50.0 Å². The normalized spacial score (nSPS) is 19.6. The number of benzene rings is 1. The average molecular weight is 262 g/mol. The number of thiocarbonyl (C=S) groups is 1. The van der Waals surface area contributed by atoms with Gasteiger partial charge >= 0.3 is 0 Å². The van der Waals surface area contributed by atoms with Crippen molar-refractivity contribution >= 4 is 23.0 Å². The van der Waals surface area contributed by atoms with Crippen LogP contribution in [0.5, 0.6) is 0 Å². The number of hydrogen-bond acceptors (Lipinski definition) is 1. The Morgan fingerprint density at radius 3 is 2.83 bits per heavy atom. The molecule has 3 heteroatoms. The molecule has 1 aliphatic rings. The van der Waals surface area contributed by atoms with Crippen molar-refractivity contribution in [2.24, 2.45) is 0 Å². The summed E-state index contributed by atoms with van der Waals surface area (Å²) in [5.74, 6) is 0. The van der Waals surface area contributed by atoms with Crippen LogP contribution in [0.1, 0.15) is 39.0 Å². The van der Waals surface area contributed by atoms with Gasteiger partial charge in [0.15, 0.2) is 5.11 Å². The molecule has 1 fully saturated rings. The Labute approximate surface area is 115 Å². The molecular formula is C15H22N2S. The molecule has 1 N–H and O–H groups in total. The maximum absolute atomic E-state index is 5.56. The molecule has 1 aromatic rings. The monoisotopic (exact) mass is 262 g/mol. The van der Waals surface area contributed by atoms with Gasteiger partial charge < -0.3 is 10.2 Å². The standard InChI is InChI=1S/C15H22N2S/c1-2-8-14-11-6-7-12-17(14)15(18)16-13-9-4-3-5-10-13/h3-5,9-10,14H,2,6-8,11-12H2,1H3,(H,16,18). The predicted octanol–water partition coefficient (Wildman–Crippen LogP) is 4.04. The Kier molecular flexibility index (Phi) is 5.00. The van der Waals surface area contributed by atoms with Gasteiger partial charge in [-0.3, -0.25) is 0 Å². The summed E-state index contributed by atoms with van der Waals surface area (Å²) >= 11 is 5.56. The van der Waals surface area contributed by atoms with Crippen molar-refractivity contribution in [3.8, 4) is 0 Å². The van der Waals surface area contributed by atoms with Gasteiger partial charge in [-0.1, -0.05) is 31.5 Å². The highest BCUT2D eigenvalue weighted by atomic mass is 32.1. The van der Waals surface area contributed by atoms with E-state index in [0.717, 1.165) is 17.3 Å². The lowest BCUT2D eigenvalue weighted by Crippen LogP contribution is -2.45. The molecule has 0 bridgehead atoms. The van der Waals surface area contributed by atoms with Crippen LogP contribution in [-0.4, -0.2) is 22.6 Å². The third kappa shape index (κ3) is 3.45. The summed E-state index contributed by atoms with van der Waals surface area (Å²) < 4.78 is 0. The molecule has 98 valence electrons. The number of nitrogens with one attached hydrogen (secondary N) is 1. The van der Waals surface area contributed by atoms with Crippen LogP contribution >= 0.6 is 12.2 Å². The highest BCUT2D eigenvalue weighted by molar-refractivity contribution is 7.80. The number of nitrogens with zero attached hydrogens (tertiary/aromatic N) is 1. The maximum atomic E-state index is 5.56. The molecule has 0 spiro atoms. The Balaban J connectivity index is 1.98. The van der Waals surface area contributed by atoms with E-state index < -0.39 is 0 Å². The van der Waals surface area contributed by atoms with Crippen molar-refractivity contribution < 1.29 is 0 Å². The molecule has 2 nitrogen and oxygen atoms in total. The Hall–Kier alpha value is -1.09. The molecule has 2 rings (SSSR count). The summed E-state index contributed by atoms with van der Waals surface area (Å²) in [7, 11) is 0. The first kappa shape index (κ1) is 13.3. The van der Waals surface area contributed by atoms with Crippen molar-refractivity contribution in [2.75, 3.05) is 11.9 Å². The van der Waals surface area contributed by atoms with E-state index in [1.54, 1.807) is 0 Å². The summed E-state index contributed by atoms with van der Waals surface area (Å²) in [6.45, 7) is 3.35. The molecule has 1 heterocycles. The molecule has 0 amide bonds. The lowest BCUT2D eigenvalue weighted by Gasteiger charge is -2.37. The van der Waals surface area contributed by atoms with E-state index in [4.69, 9.17) is 12.2 Å². The van der Waals surface area contributed by atoms with Crippen LogP contribution in [0.25, 0.3) is 0 Å². The van der Waals surface area contributed by atoms with Gasteiger partial charge in [0.2, 0.25) is 0 Å². The van der Waals surface area contributed by atoms with Crippen LogP contribution in [0, 0.1) is 0 Å². The first-order chi connectivity index (χ1) is 8.81. The molecule has 1 aromatic carbocycles. The minimum Gasteiger partial charge on any atom is -0.346 e. The van der Waals surface area contributed by atoms with Crippen LogP contribution in [0.4, 0.5) is 5.69 Å². The second-order valence-electron chi connectivity index (χ2n) is 4.93. The highest BCUT2D eigenvalue weighted by Crippen LogP contribution is 2.22. The molecule has 0 saturated carbocycles. The van der Waals surface area contributed by atoms with Gasteiger partial charge in [-0.2, -0.15) is 0 Å². The van der Waals surface area contributed by atoms with Crippen LogP contribution in [0.15, 0.2) is 30.3 Å². The third-order valence-corrected chi connectivity index (χ3v) is 3.87. The van der Waals surface area contributed by atoms with Gasteiger partial charge in [-0.25, -0.2) is 0 Å². The number of piperidine rings is 1. The lowest BCUT2D eigenvalue weighted by molar-refractivity contribution is 0.232. The summed E-state index contributed by atoms with van der Waals surface area (Å²) in [5.41, 5.74) is 1.09. The van der Waals surface area contributed by atoms with Crippen molar-refractivity contribution in [2.45, 2.75) is 45.1 Å². The summed E-state index contributed by atoms with van der Waals surface area (Å²) in [6.07, 6.45) is 6.36. The molecule has 0 aromatic heterocycles. The maximum Gasteiger partial charge on any atom is 0.173 e. The third-order valence-electron chi connectivity index (χ3n) is 3.53. The second-order valence-corrected chi connectivity index (χ2v) is 5.31. The zero-order valence-electron chi connectivity index (χ0n) is 11.1. The molecule has 1 saturated heterocycles. The number of likely N-dealkylation sites (tertiary alicyclic amines) is 1. The van der Waals surface area contributed by atoms with E-state index in [-0.39, 0.29) is 0 Å². The fourth-order valence-corrected chi connectivity index (χ4v) is 2.98. The molecule has 1 aliphatic heterocycles. The van der Waals surface area contributed by atoms with Gasteiger partial charge in [-0.15, -0.1) is 0 Å². The highest BCUT2D eigenvalue weighted by Gasteiger charge is 2.23. The van der Waals surface area contributed by atoms with E-state index >= 15 is 0 Å². The van der Waals surface area contributed by atoms with Crippen LogP contribution in [-0.2, 0) is 0 Å². The summed E-state index contributed by atoms with van der Waals surface area (Å²) in [6, 6.07) is 10.8.